The summed E-state index contributed by atoms with van der Waals surface area (Å²) in [6.07, 6.45) is 5.53. The molecule has 1 radical (unpaired) electrons. The quantitative estimate of drug-likeness (QED) is 0.489. The van der Waals surface area contributed by atoms with Crippen molar-refractivity contribution < 1.29 is 0 Å². The minimum atomic E-state index is 1.04. The Kier molecular flexibility index (Phi) is 1.70. The van der Waals surface area contributed by atoms with Crippen LogP contribution in [-0.2, 0) is 6.42 Å². The predicted octanol–water partition coefficient (Wildman–Crippen LogP) is 4.36. The Morgan fingerprint density at radius 3 is 2.65 bits per heavy atom. The first kappa shape index (κ1) is 9.00. The van der Waals surface area contributed by atoms with Gasteiger partial charge in [-0.3, -0.25) is 0 Å². The molecule has 4 rings (SSSR count). The van der Waals surface area contributed by atoms with E-state index in [9.17, 15) is 0 Å². The lowest BCUT2D eigenvalue weighted by Crippen LogP contribution is -1.88. The van der Waals surface area contributed by atoms with Crippen molar-refractivity contribution in [3.63, 3.8) is 0 Å². The van der Waals surface area contributed by atoms with Gasteiger partial charge in [0.1, 0.15) is 0 Å². The number of hydrogen-bond acceptors (Lipinski definition) is 0. The Morgan fingerprint density at radius 2 is 1.71 bits per heavy atom. The van der Waals surface area contributed by atoms with Crippen molar-refractivity contribution in [2.45, 2.75) is 6.42 Å². The van der Waals surface area contributed by atoms with Crippen molar-refractivity contribution in [3.8, 4) is 0 Å². The van der Waals surface area contributed by atoms with Crippen molar-refractivity contribution in [3.05, 3.63) is 65.7 Å². The van der Waals surface area contributed by atoms with Gasteiger partial charge in [0.25, 0.3) is 0 Å². The minimum Gasteiger partial charge on any atom is -0.0795 e. The van der Waals surface area contributed by atoms with Crippen LogP contribution in [0.3, 0.4) is 0 Å². The molecule has 0 aromatic heterocycles. The monoisotopic (exact) mass is 215 g/mol. The SMILES string of the molecule is [c]1cccc2c1c1c(c3ccccc32)C=CC1. The molecule has 3 aromatic rings. The standard InChI is InChI=1S/C17H11/c1-3-8-14-12(6-1)13-7-2-4-9-15(13)17-11-5-10-16(14)17/h1-8,10H,11H2. The first-order chi connectivity index (χ1) is 8.45. The lowest BCUT2D eigenvalue weighted by molar-refractivity contribution is 1.35. The van der Waals surface area contributed by atoms with E-state index in [0.717, 1.165) is 6.42 Å². The van der Waals surface area contributed by atoms with E-state index in [-0.39, 0.29) is 0 Å². The van der Waals surface area contributed by atoms with Crippen LogP contribution >= 0.6 is 0 Å². The van der Waals surface area contributed by atoms with Crippen LogP contribution in [0.5, 0.6) is 0 Å². The summed E-state index contributed by atoms with van der Waals surface area (Å²) in [4.78, 5) is 0. The Hall–Kier alpha value is -2.08. The normalized spacial score (nSPS) is 13.4. The van der Waals surface area contributed by atoms with Gasteiger partial charge in [-0.2, -0.15) is 0 Å². The highest BCUT2D eigenvalue weighted by molar-refractivity contribution is 6.13. The first-order valence-corrected chi connectivity index (χ1v) is 5.96. The molecule has 17 heavy (non-hydrogen) atoms. The van der Waals surface area contributed by atoms with Crippen LogP contribution in [0.15, 0.2) is 48.5 Å². The average molecular weight is 215 g/mol. The van der Waals surface area contributed by atoms with Crippen LogP contribution in [0.1, 0.15) is 11.1 Å². The fourth-order valence-electron chi connectivity index (χ4n) is 2.86. The second kappa shape index (κ2) is 3.21. The van der Waals surface area contributed by atoms with Gasteiger partial charge >= 0.3 is 0 Å². The number of rotatable bonds is 0. The van der Waals surface area contributed by atoms with Crippen LogP contribution in [0.4, 0.5) is 0 Å². The maximum absolute atomic E-state index is 3.40. The van der Waals surface area contributed by atoms with Crippen molar-refractivity contribution in [1.29, 1.82) is 0 Å². The summed E-state index contributed by atoms with van der Waals surface area (Å²) >= 11 is 0. The summed E-state index contributed by atoms with van der Waals surface area (Å²) < 4.78 is 0. The minimum absolute atomic E-state index is 1.04. The van der Waals surface area contributed by atoms with Crippen molar-refractivity contribution in [1.82, 2.24) is 0 Å². The van der Waals surface area contributed by atoms with Crippen LogP contribution in [-0.4, -0.2) is 0 Å². The Balaban J connectivity index is 2.37. The number of hydrogen-bond donors (Lipinski definition) is 0. The largest absolute Gasteiger partial charge is 0.0795 e. The Bertz CT molecular complexity index is 763. The van der Waals surface area contributed by atoms with E-state index >= 15 is 0 Å². The van der Waals surface area contributed by atoms with Gasteiger partial charge in [0, 0.05) is 0 Å². The molecule has 0 unspecified atom stereocenters. The first-order valence-electron chi connectivity index (χ1n) is 5.96. The molecule has 0 aliphatic heterocycles. The average Bonchev–Trinajstić information content (AvgIpc) is 2.89. The zero-order chi connectivity index (χ0) is 11.2. The van der Waals surface area contributed by atoms with E-state index in [2.05, 4.69) is 54.6 Å². The van der Waals surface area contributed by atoms with E-state index in [1.807, 2.05) is 6.07 Å². The van der Waals surface area contributed by atoms with Gasteiger partial charge in [0.05, 0.1) is 0 Å². The second-order valence-corrected chi connectivity index (χ2v) is 4.50. The molecule has 0 heteroatoms. The molecule has 3 aromatic carbocycles. The van der Waals surface area contributed by atoms with Crippen LogP contribution in [0, 0.1) is 6.07 Å². The van der Waals surface area contributed by atoms with Crippen LogP contribution in [0.25, 0.3) is 27.6 Å². The van der Waals surface area contributed by atoms with Crippen molar-refractivity contribution in [2.24, 2.45) is 0 Å². The highest BCUT2D eigenvalue weighted by atomic mass is 14.2. The smallest absolute Gasteiger partial charge is 0.00575 e. The third kappa shape index (κ3) is 1.13. The molecular weight excluding hydrogens is 204 g/mol. The molecule has 0 nitrogen and oxygen atoms in total. The van der Waals surface area contributed by atoms with Gasteiger partial charge in [-0.05, 0) is 45.2 Å². The van der Waals surface area contributed by atoms with E-state index < -0.39 is 0 Å². The van der Waals surface area contributed by atoms with Gasteiger partial charge in [-0.1, -0.05) is 54.6 Å². The molecule has 0 amide bonds. The molecule has 79 valence electrons. The fraction of sp³-hybridized carbons (Fsp3) is 0.0588. The maximum Gasteiger partial charge on any atom is -0.00575 e. The summed E-state index contributed by atoms with van der Waals surface area (Å²) in [5, 5.41) is 5.31. The Labute approximate surface area is 100 Å². The fourth-order valence-corrected chi connectivity index (χ4v) is 2.86. The Morgan fingerprint density at radius 1 is 0.882 bits per heavy atom. The van der Waals surface area contributed by atoms with E-state index in [1.165, 1.54) is 32.7 Å². The van der Waals surface area contributed by atoms with Gasteiger partial charge < -0.3 is 0 Å². The molecule has 0 heterocycles. The molecule has 0 bridgehead atoms. The van der Waals surface area contributed by atoms with E-state index in [0.29, 0.717) is 0 Å². The molecule has 0 spiro atoms. The van der Waals surface area contributed by atoms with Crippen LogP contribution in [0.2, 0.25) is 0 Å². The number of allylic oxidation sites excluding steroid dienone is 1. The lowest BCUT2D eigenvalue weighted by atomic mass is 9.93. The molecular formula is C17H11. The van der Waals surface area contributed by atoms with Crippen molar-refractivity contribution in [2.75, 3.05) is 0 Å². The van der Waals surface area contributed by atoms with E-state index in [4.69, 9.17) is 0 Å². The highest BCUT2D eigenvalue weighted by Gasteiger charge is 2.14. The number of benzene rings is 3. The third-order valence-corrected chi connectivity index (χ3v) is 3.60. The summed E-state index contributed by atoms with van der Waals surface area (Å²) in [6, 6.07) is 18.3. The third-order valence-electron chi connectivity index (χ3n) is 3.60. The second-order valence-electron chi connectivity index (χ2n) is 4.50. The van der Waals surface area contributed by atoms with Crippen LogP contribution < -0.4 is 0 Å². The summed E-state index contributed by atoms with van der Waals surface area (Å²) in [7, 11) is 0. The maximum atomic E-state index is 3.40. The molecule has 0 saturated carbocycles. The molecule has 1 aliphatic carbocycles. The summed E-state index contributed by atoms with van der Waals surface area (Å²) in [6.45, 7) is 0. The van der Waals surface area contributed by atoms with E-state index in [1.54, 1.807) is 0 Å². The zero-order valence-electron chi connectivity index (χ0n) is 9.40. The van der Waals surface area contributed by atoms with Gasteiger partial charge in [-0.25, -0.2) is 0 Å². The topological polar surface area (TPSA) is 0 Å². The molecule has 0 fully saturated rings. The molecule has 0 N–H and O–H groups in total. The lowest BCUT2D eigenvalue weighted by Gasteiger charge is -2.10. The summed E-state index contributed by atoms with van der Waals surface area (Å²) in [5.41, 5.74) is 2.81. The predicted molar refractivity (Wildman–Crippen MR) is 73.0 cm³/mol. The van der Waals surface area contributed by atoms with Crippen molar-refractivity contribution >= 4 is 27.6 Å². The van der Waals surface area contributed by atoms with Gasteiger partial charge in [0.15, 0.2) is 0 Å². The summed E-state index contributed by atoms with van der Waals surface area (Å²) in [5.74, 6) is 0. The molecule has 0 saturated heterocycles. The van der Waals surface area contributed by atoms with Gasteiger partial charge in [0.2, 0.25) is 0 Å². The highest BCUT2D eigenvalue weighted by Crippen LogP contribution is 2.36. The van der Waals surface area contributed by atoms with Gasteiger partial charge in [-0.15, -0.1) is 0 Å². The number of fused-ring (bicyclic) bond motifs is 6. The zero-order valence-corrected chi connectivity index (χ0v) is 9.40. The molecule has 1 aliphatic rings. The molecule has 0 atom stereocenters.